The minimum absolute atomic E-state index is 0.415. The molecule has 0 saturated carbocycles. The highest BCUT2D eigenvalue weighted by atomic mass is 127. The summed E-state index contributed by atoms with van der Waals surface area (Å²) in [6.45, 7) is 7.39. The minimum atomic E-state index is -1.14. The normalized spacial score (nSPS) is 25.7. The van der Waals surface area contributed by atoms with E-state index >= 15 is 0 Å². The Bertz CT molecular complexity index is 763. The fraction of sp³-hybridized carbons (Fsp3) is 0.476. The molecule has 1 aromatic carbocycles. The summed E-state index contributed by atoms with van der Waals surface area (Å²) in [6, 6.07) is 7.26. The van der Waals surface area contributed by atoms with Gasteiger partial charge in [0.1, 0.15) is 11.9 Å². The smallest absolute Gasteiger partial charge is 0.303 e. The highest BCUT2D eigenvalue weighted by molar-refractivity contribution is 14.1. The van der Waals surface area contributed by atoms with Crippen molar-refractivity contribution in [3.63, 3.8) is 0 Å². The molecule has 5 unspecified atom stereocenters. The first-order valence-corrected chi connectivity index (χ1v) is 10.9. The van der Waals surface area contributed by atoms with Crippen molar-refractivity contribution in [1.29, 1.82) is 0 Å². The monoisotopic (exact) mass is 532 g/mol. The predicted octanol–water partition coefficient (Wildman–Crippen LogP) is 2.75. The summed E-state index contributed by atoms with van der Waals surface area (Å²) in [4.78, 5) is 35.1. The number of halogens is 1. The number of benzene rings is 1. The number of rotatable bonds is 8. The second kappa shape index (κ2) is 11.3. The van der Waals surface area contributed by atoms with E-state index in [4.69, 9.17) is 23.7 Å². The molecule has 5 atom stereocenters. The zero-order valence-corrected chi connectivity index (χ0v) is 19.2. The van der Waals surface area contributed by atoms with Crippen LogP contribution in [0.2, 0.25) is 0 Å². The number of esters is 3. The Hall–Kier alpha value is -2.14. The van der Waals surface area contributed by atoms with Gasteiger partial charge in [-0.2, -0.15) is 0 Å². The molecule has 2 rings (SSSR count). The van der Waals surface area contributed by atoms with Crippen molar-refractivity contribution >= 4 is 40.5 Å². The molecule has 0 spiro atoms. The van der Waals surface area contributed by atoms with Crippen LogP contribution in [-0.4, -0.2) is 53.0 Å². The fourth-order valence-electron chi connectivity index (χ4n) is 3.08. The van der Waals surface area contributed by atoms with E-state index in [1.54, 1.807) is 18.2 Å². The van der Waals surface area contributed by atoms with E-state index in [1.807, 2.05) is 12.1 Å². The lowest BCUT2D eigenvalue weighted by Gasteiger charge is -2.43. The average Bonchev–Trinajstić information content (AvgIpc) is 2.66. The molecule has 1 saturated heterocycles. The molecule has 1 aliphatic rings. The number of carbonyl (C=O) groups is 3. The molecule has 8 nitrogen and oxygen atoms in total. The Balaban J connectivity index is 2.35. The van der Waals surface area contributed by atoms with Crippen LogP contribution in [0.5, 0.6) is 5.75 Å². The molecular weight excluding hydrogens is 507 g/mol. The SMILES string of the molecule is C=CCc1ccc(OC2OC(CI)C(OC(C)=O)C(OC(C)=O)C2OC(C)=O)cc1. The number of carbonyl (C=O) groups excluding carboxylic acids is 3. The molecule has 30 heavy (non-hydrogen) atoms. The van der Waals surface area contributed by atoms with Crippen LogP contribution in [0.1, 0.15) is 26.3 Å². The van der Waals surface area contributed by atoms with Crippen LogP contribution in [0, 0.1) is 0 Å². The van der Waals surface area contributed by atoms with Crippen LogP contribution in [-0.2, 0) is 39.8 Å². The molecule has 0 bridgehead atoms. The summed E-state index contributed by atoms with van der Waals surface area (Å²) in [5.74, 6) is -1.33. The Morgan fingerprint density at radius 2 is 1.50 bits per heavy atom. The molecule has 1 aliphatic heterocycles. The second-order valence-corrected chi connectivity index (χ2v) is 7.55. The van der Waals surface area contributed by atoms with Crippen LogP contribution in [0.4, 0.5) is 0 Å². The summed E-state index contributed by atoms with van der Waals surface area (Å²) in [5.41, 5.74) is 1.05. The van der Waals surface area contributed by atoms with Gasteiger partial charge in [0.15, 0.2) is 12.2 Å². The summed E-state index contributed by atoms with van der Waals surface area (Å²) in [7, 11) is 0. The predicted molar refractivity (Wildman–Crippen MR) is 115 cm³/mol. The van der Waals surface area contributed by atoms with Gasteiger partial charge in [0.2, 0.25) is 12.4 Å². The van der Waals surface area contributed by atoms with E-state index < -0.39 is 48.6 Å². The molecule has 1 aromatic rings. The second-order valence-electron chi connectivity index (χ2n) is 6.67. The van der Waals surface area contributed by atoms with Crippen LogP contribution in [0.3, 0.4) is 0 Å². The maximum atomic E-state index is 11.7. The first-order chi connectivity index (χ1) is 14.2. The van der Waals surface area contributed by atoms with E-state index in [0.29, 0.717) is 16.6 Å². The van der Waals surface area contributed by atoms with E-state index in [2.05, 4.69) is 29.2 Å². The van der Waals surface area contributed by atoms with Gasteiger partial charge >= 0.3 is 17.9 Å². The lowest BCUT2D eigenvalue weighted by molar-refractivity contribution is -0.279. The Morgan fingerprint density at radius 1 is 0.967 bits per heavy atom. The molecule has 1 heterocycles. The standard InChI is InChI=1S/C21H25IO8/c1-5-6-15-7-9-16(10-8-15)29-21-20(28-14(4)25)19(27-13(3)24)18(26-12(2)23)17(11-22)30-21/h5,7-10,17-21H,1,6,11H2,2-4H3. The fourth-order valence-corrected chi connectivity index (χ4v) is 3.79. The molecule has 1 fully saturated rings. The summed E-state index contributed by atoms with van der Waals surface area (Å²) >= 11 is 2.07. The number of ether oxygens (including phenoxy) is 5. The minimum Gasteiger partial charge on any atom is -0.461 e. The van der Waals surface area contributed by atoms with E-state index in [1.165, 1.54) is 20.8 Å². The van der Waals surface area contributed by atoms with E-state index in [0.717, 1.165) is 5.56 Å². The van der Waals surface area contributed by atoms with Gasteiger partial charge in [-0.3, -0.25) is 14.4 Å². The topological polar surface area (TPSA) is 97.4 Å². The number of hydrogen-bond acceptors (Lipinski definition) is 8. The molecule has 0 amide bonds. The first-order valence-electron chi connectivity index (χ1n) is 9.34. The maximum Gasteiger partial charge on any atom is 0.303 e. The van der Waals surface area contributed by atoms with Gasteiger partial charge in [-0.15, -0.1) is 6.58 Å². The Labute approximate surface area is 189 Å². The van der Waals surface area contributed by atoms with Crippen LogP contribution >= 0.6 is 22.6 Å². The highest BCUT2D eigenvalue weighted by Crippen LogP contribution is 2.31. The van der Waals surface area contributed by atoms with Crippen molar-refractivity contribution in [3.05, 3.63) is 42.5 Å². The van der Waals surface area contributed by atoms with Gasteiger partial charge in [-0.05, 0) is 24.1 Å². The van der Waals surface area contributed by atoms with Crippen molar-refractivity contribution < 1.29 is 38.1 Å². The van der Waals surface area contributed by atoms with Gasteiger partial charge in [0.05, 0.1) is 0 Å². The average molecular weight is 532 g/mol. The molecule has 0 N–H and O–H groups in total. The summed E-state index contributed by atoms with van der Waals surface area (Å²) < 4.78 is 28.5. The third kappa shape index (κ3) is 6.69. The van der Waals surface area contributed by atoms with E-state index in [9.17, 15) is 14.4 Å². The summed E-state index contributed by atoms with van der Waals surface area (Å²) in [5, 5.41) is 0. The maximum absolute atomic E-state index is 11.7. The zero-order chi connectivity index (χ0) is 22.3. The molecule has 0 aliphatic carbocycles. The lowest BCUT2D eigenvalue weighted by atomic mass is 9.98. The van der Waals surface area contributed by atoms with Crippen LogP contribution in [0.25, 0.3) is 0 Å². The third-order valence-corrected chi connectivity index (χ3v) is 5.07. The zero-order valence-electron chi connectivity index (χ0n) is 17.0. The number of hydrogen-bond donors (Lipinski definition) is 0. The van der Waals surface area contributed by atoms with Crippen LogP contribution < -0.4 is 4.74 Å². The highest BCUT2D eigenvalue weighted by Gasteiger charge is 2.52. The molecular formula is C21H25IO8. The lowest BCUT2D eigenvalue weighted by Crippen LogP contribution is -2.63. The third-order valence-electron chi connectivity index (χ3n) is 4.21. The number of allylic oxidation sites excluding steroid dienone is 1. The van der Waals surface area contributed by atoms with Gasteiger partial charge < -0.3 is 23.7 Å². The van der Waals surface area contributed by atoms with Crippen molar-refractivity contribution in [2.75, 3.05) is 4.43 Å². The van der Waals surface area contributed by atoms with Crippen molar-refractivity contribution in [3.8, 4) is 5.75 Å². The molecule has 9 heteroatoms. The largest absolute Gasteiger partial charge is 0.461 e. The quantitative estimate of drug-likeness (QED) is 0.166. The van der Waals surface area contributed by atoms with Crippen molar-refractivity contribution in [2.24, 2.45) is 0 Å². The van der Waals surface area contributed by atoms with Crippen molar-refractivity contribution in [1.82, 2.24) is 0 Å². The van der Waals surface area contributed by atoms with Gasteiger partial charge in [-0.25, -0.2) is 0 Å². The van der Waals surface area contributed by atoms with Gasteiger partial charge in [0, 0.05) is 25.2 Å². The first kappa shape index (κ1) is 24.1. The molecule has 0 aromatic heterocycles. The molecule has 164 valence electrons. The van der Waals surface area contributed by atoms with Crippen LogP contribution in [0.15, 0.2) is 36.9 Å². The van der Waals surface area contributed by atoms with Crippen molar-refractivity contribution in [2.45, 2.75) is 57.9 Å². The van der Waals surface area contributed by atoms with E-state index in [-0.39, 0.29) is 0 Å². The van der Waals surface area contributed by atoms with Gasteiger partial charge in [-0.1, -0.05) is 40.8 Å². The van der Waals surface area contributed by atoms with Gasteiger partial charge in [0.25, 0.3) is 0 Å². The molecule has 0 radical (unpaired) electrons. The number of alkyl halides is 1. The Morgan fingerprint density at radius 3 is 2.00 bits per heavy atom. The summed E-state index contributed by atoms with van der Waals surface area (Å²) in [6.07, 6.45) is -2.39. The Kier molecular flexibility index (Phi) is 9.09.